The number of benzene rings is 2. The molecule has 0 saturated heterocycles. The molecule has 0 aliphatic heterocycles. The molecule has 2 N–H and O–H groups in total. The summed E-state index contributed by atoms with van der Waals surface area (Å²) in [6.07, 6.45) is 0.319. The summed E-state index contributed by atoms with van der Waals surface area (Å²) in [5, 5.41) is 12.3. The number of carbonyl (C=O) groups is 1. The first-order valence-corrected chi connectivity index (χ1v) is 5.61. The van der Waals surface area contributed by atoms with Gasteiger partial charge < -0.3 is 10.4 Å². The van der Waals surface area contributed by atoms with Crippen LogP contribution in [-0.4, -0.2) is 17.1 Å². The van der Waals surface area contributed by atoms with Gasteiger partial charge in [-0.05, 0) is 0 Å². The van der Waals surface area contributed by atoms with Gasteiger partial charge in [-0.3, -0.25) is 4.79 Å². The number of rotatable bonds is 4. The zero-order valence-corrected chi connectivity index (χ0v) is 14.4. The van der Waals surface area contributed by atoms with E-state index in [4.69, 9.17) is 0 Å². The van der Waals surface area contributed by atoms with Crippen molar-refractivity contribution in [2.24, 2.45) is 0 Å². The predicted molar refractivity (Wildman–Crippen MR) is 69.8 cm³/mol. The summed E-state index contributed by atoms with van der Waals surface area (Å²) in [6.45, 7) is 0. The molecule has 0 aliphatic rings. The third-order valence-corrected chi connectivity index (χ3v) is 2.39. The Bertz CT molecular complexity index is 502. The summed E-state index contributed by atoms with van der Waals surface area (Å²) in [4.78, 5) is 11.7. The van der Waals surface area contributed by atoms with E-state index in [0.29, 0.717) is 5.69 Å². The summed E-state index contributed by atoms with van der Waals surface area (Å²) >= 11 is 0. The molecule has 0 spiro atoms. The maximum Gasteiger partial charge on any atom is 2.00 e. The van der Waals surface area contributed by atoms with E-state index in [1.54, 1.807) is 18.2 Å². The Morgan fingerprint density at radius 3 is 2.47 bits per heavy atom. The van der Waals surface area contributed by atoms with Crippen LogP contribution in [0.25, 0.3) is 0 Å². The molecule has 19 heavy (non-hydrogen) atoms. The van der Waals surface area contributed by atoms with Crippen molar-refractivity contribution in [1.82, 2.24) is 0 Å². The third kappa shape index (κ3) is 5.12. The number of hydrogen-bond acceptors (Lipinski definition) is 2. The van der Waals surface area contributed by atoms with Crippen molar-refractivity contribution < 1.29 is 41.0 Å². The van der Waals surface area contributed by atoms with E-state index in [-0.39, 0.29) is 31.1 Å². The molecule has 4 heteroatoms. The van der Waals surface area contributed by atoms with Gasteiger partial charge in [-0.1, -0.05) is 11.8 Å². The summed E-state index contributed by atoms with van der Waals surface area (Å²) in [5.74, 6) is -0.471. The number of amides is 1. The van der Waals surface area contributed by atoms with Gasteiger partial charge in [0.05, 0.1) is 0 Å². The summed E-state index contributed by atoms with van der Waals surface area (Å²) in [6, 6.07) is 19.1. The second kappa shape index (κ2) is 8.06. The summed E-state index contributed by atoms with van der Waals surface area (Å²) in [5.41, 5.74) is 1.35. The van der Waals surface area contributed by atoms with Gasteiger partial charge in [0, 0.05) is 0 Å². The Hall–Kier alpha value is -1.21. The van der Waals surface area contributed by atoms with Crippen LogP contribution in [0, 0.1) is 43.6 Å². The zero-order chi connectivity index (χ0) is 12.8. The average Bonchev–Trinajstić information content (AvgIpc) is 2.41. The molecule has 0 aromatic heterocycles. The van der Waals surface area contributed by atoms with Gasteiger partial charge in [-0.2, -0.15) is 42.0 Å². The number of aliphatic hydroxyl groups is 1. The van der Waals surface area contributed by atoms with Crippen LogP contribution in [0.1, 0.15) is 5.56 Å². The van der Waals surface area contributed by atoms with Crippen molar-refractivity contribution in [2.45, 2.75) is 6.10 Å². The predicted octanol–water partition coefficient (Wildman–Crippen LogP) is 2.04. The number of aliphatic hydroxyl groups excluding tert-OH is 1. The molecular formula is C15H13NO2U. The Morgan fingerprint density at radius 2 is 1.84 bits per heavy atom. The van der Waals surface area contributed by atoms with Crippen molar-refractivity contribution in [3.63, 3.8) is 0 Å². The van der Waals surface area contributed by atoms with Gasteiger partial charge in [0.1, 0.15) is 6.10 Å². The molecule has 0 saturated carbocycles. The Labute approximate surface area is 136 Å². The van der Waals surface area contributed by atoms with Crippen molar-refractivity contribution in [3.05, 3.63) is 72.6 Å². The number of carbonyl (C=O) groups excluding carboxylic acids is 1. The minimum Gasteiger partial charge on any atom is -0.392 e. The molecule has 2 aromatic carbocycles. The molecule has 0 unspecified atom stereocenters. The molecular weight excluding hydrogens is 464 g/mol. The molecule has 3 nitrogen and oxygen atoms in total. The number of hydrogen-bond donors (Lipinski definition) is 2. The number of para-hydroxylation sites is 1. The molecule has 0 aliphatic carbocycles. The van der Waals surface area contributed by atoms with E-state index in [0.717, 1.165) is 5.56 Å². The van der Waals surface area contributed by atoms with Gasteiger partial charge in [0.2, 0.25) is 5.91 Å². The van der Waals surface area contributed by atoms with Gasteiger partial charge in [0.25, 0.3) is 0 Å². The fourth-order valence-corrected chi connectivity index (χ4v) is 1.50. The molecule has 1 atom stereocenters. The molecule has 0 bridgehead atoms. The van der Waals surface area contributed by atoms with Gasteiger partial charge in [-0.25, -0.2) is 0 Å². The van der Waals surface area contributed by atoms with E-state index in [1.807, 2.05) is 36.4 Å². The Balaban J connectivity index is 0.00000180. The zero-order valence-electron chi connectivity index (χ0n) is 10.2. The Kier molecular flexibility index (Phi) is 6.72. The average molecular weight is 477 g/mol. The first-order chi connectivity index (χ1) is 8.75. The molecule has 94 valence electrons. The fraction of sp³-hybridized carbons (Fsp3) is 0.0667. The third-order valence-electron chi connectivity index (χ3n) is 2.39. The Morgan fingerprint density at radius 1 is 1.16 bits per heavy atom. The van der Waals surface area contributed by atoms with Crippen LogP contribution in [0.4, 0.5) is 5.69 Å². The first-order valence-electron chi connectivity index (χ1n) is 5.61. The van der Waals surface area contributed by atoms with E-state index < -0.39 is 12.0 Å². The van der Waals surface area contributed by atoms with E-state index >= 15 is 0 Å². The minimum absolute atomic E-state index is 0. The first kappa shape index (κ1) is 15.8. The second-order valence-electron chi connectivity index (χ2n) is 3.79. The van der Waals surface area contributed by atoms with Crippen molar-refractivity contribution in [2.75, 3.05) is 5.32 Å². The minimum atomic E-state index is -1.18. The standard InChI is InChI=1S/C15H13NO2.U/c17-14(11-12-7-3-1-4-8-12)15(18)16-13-9-5-2-6-10-13;/h1-9,11,14,17H,(H,16,18);/q-2;+2/t14-;/m1./s1. The molecule has 1 amide bonds. The van der Waals surface area contributed by atoms with Gasteiger partial charge >= 0.3 is 31.1 Å². The molecule has 0 heterocycles. The second-order valence-corrected chi connectivity index (χ2v) is 3.79. The molecule has 0 fully saturated rings. The smallest absolute Gasteiger partial charge is 0.392 e. The molecule has 0 radical (unpaired) electrons. The topological polar surface area (TPSA) is 49.3 Å². The summed E-state index contributed by atoms with van der Waals surface area (Å²) in [7, 11) is 0. The largest absolute Gasteiger partial charge is 2.00 e. The maximum absolute atomic E-state index is 11.7. The molecule has 2 aromatic rings. The maximum atomic E-state index is 11.7. The van der Waals surface area contributed by atoms with E-state index in [9.17, 15) is 9.90 Å². The van der Waals surface area contributed by atoms with Crippen molar-refractivity contribution in [1.29, 1.82) is 0 Å². The van der Waals surface area contributed by atoms with Crippen LogP contribution in [0.3, 0.4) is 0 Å². The van der Waals surface area contributed by atoms with Gasteiger partial charge in [0.15, 0.2) is 0 Å². The van der Waals surface area contributed by atoms with Crippen LogP contribution in [0.15, 0.2) is 54.6 Å². The van der Waals surface area contributed by atoms with Crippen LogP contribution in [0.5, 0.6) is 0 Å². The summed E-state index contributed by atoms with van der Waals surface area (Å²) < 4.78 is 0. The van der Waals surface area contributed by atoms with Crippen LogP contribution < -0.4 is 5.32 Å². The van der Waals surface area contributed by atoms with Gasteiger partial charge in [-0.15, -0.1) is 24.6 Å². The van der Waals surface area contributed by atoms with Crippen LogP contribution in [0.2, 0.25) is 0 Å². The monoisotopic (exact) mass is 477 g/mol. The van der Waals surface area contributed by atoms with Crippen molar-refractivity contribution >= 4 is 11.6 Å². The molecule has 2 rings (SSSR count). The SMILES string of the molecule is O=C(Nc1[c-]cccc1)[C@H](O)[CH-]c1ccccc1.[U+2]. The fourth-order valence-electron chi connectivity index (χ4n) is 1.50. The van der Waals surface area contributed by atoms with Crippen LogP contribution in [-0.2, 0) is 4.79 Å². The van der Waals surface area contributed by atoms with E-state index in [1.165, 1.54) is 6.42 Å². The van der Waals surface area contributed by atoms with Crippen molar-refractivity contribution in [3.8, 4) is 0 Å². The number of anilines is 1. The van der Waals surface area contributed by atoms with Crippen LogP contribution >= 0.6 is 0 Å². The van der Waals surface area contributed by atoms with E-state index in [2.05, 4.69) is 11.4 Å². The normalized spacial score (nSPS) is 11.0. The number of nitrogens with one attached hydrogen (secondary N) is 1. The quantitative estimate of drug-likeness (QED) is 0.663.